The van der Waals surface area contributed by atoms with Gasteiger partial charge in [0.25, 0.3) is 0 Å². The Bertz CT molecular complexity index is 492. The maximum Gasteiger partial charge on any atom is 0.323 e. The first-order chi connectivity index (χ1) is 9.91. The van der Waals surface area contributed by atoms with Crippen molar-refractivity contribution in [3.63, 3.8) is 0 Å². The Balaban J connectivity index is 2.08. The van der Waals surface area contributed by atoms with Gasteiger partial charge < -0.3 is 5.11 Å². The summed E-state index contributed by atoms with van der Waals surface area (Å²) < 4.78 is 0. The van der Waals surface area contributed by atoms with Crippen LogP contribution in [0.3, 0.4) is 0 Å². The highest BCUT2D eigenvalue weighted by molar-refractivity contribution is 8.00. The van der Waals surface area contributed by atoms with E-state index in [1.54, 1.807) is 11.8 Å². The van der Waals surface area contributed by atoms with Crippen molar-refractivity contribution in [1.82, 2.24) is 5.32 Å². The summed E-state index contributed by atoms with van der Waals surface area (Å²) >= 11 is 7.66. The van der Waals surface area contributed by atoms with E-state index in [0.717, 1.165) is 22.8 Å². The van der Waals surface area contributed by atoms with E-state index >= 15 is 0 Å². The van der Waals surface area contributed by atoms with Gasteiger partial charge in [-0.1, -0.05) is 11.6 Å². The molecule has 0 heterocycles. The number of thioether (sulfide) groups is 1. The van der Waals surface area contributed by atoms with Gasteiger partial charge in [-0.05, 0) is 63.8 Å². The van der Waals surface area contributed by atoms with Crippen LogP contribution < -0.4 is 5.32 Å². The predicted octanol–water partition coefficient (Wildman–Crippen LogP) is 4.20. The van der Waals surface area contributed by atoms with Gasteiger partial charge in [0, 0.05) is 21.2 Å². The van der Waals surface area contributed by atoms with Crippen LogP contribution >= 0.6 is 23.4 Å². The van der Waals surface area contributed by atoms with Crippen molar-refractivity contribution in [3.8, 4) is 0 Å². The maximum absolute atomic E-state index is 11.8. The van der Waals surface area contributed by atoms with Crippen molar-refractivity contribution in [2.75, 3.05) is 0 Å². The summed E-state index contributed by atoms with van der Waals surface area (Å²) in [6.45, 7) is 4.00. The fraction of sp³-hybridized carbons (Fsp3) is 0.562. The Hall–Kier alpha value is -0.710. The molecule has 5 heteroatoms. The predicted molar refractivity (Wildman–Crippen MR) is 88.2 cm³/mol. The van der Waals surface area contributed by atoms with Crippen LogP contribution in [0.1, 0.15) is 39.5 Å². The molecule has 0 amide bonds. The lowest BCUT2D eigenvalue weighted by Crippen LogP contribution is -2.57. The van der Waals surface area contributed by atoms with Gasteiger partial charge in [0.2, 0.25) is 0 Å². The van der Waals surface area contributed by atoms with E-state index in [1.807, 2.05) is 38.1 Å². The highest BCUT2D eigenvalue weighted by Gasteiger charge is 2.43. The van der Waals surface area contributed by atoms with E-state index in [4.69, 9.17) is 11.6 Å². The van der Waals surface area contributed by atoms with E-state index in [2.05, 4.69) is 5.32 Å². The number of hydrogen-bond donors (Lipinski definition) is 2. The molecule has 1 saturated carbocycles. The highest BCUT2D eigenvalue weighted by atomic mass is 35.5. The molecular weight excluding hydrogens is 306 g/mol. The first-order valence-corrected chi connectivity index (χ1v) is 8.60. The average molecular weight is 328 g/mol. The quantitative estimate of drug-likeness (QED) is 0.851. The Kier molecular flexibility index (Phi) is 5.58. The molecule has 2 atom stereocenters. The van der Waals surface area contributed by atoms with Crippen LogP contribution in [-0.4, -0.2) is 27.9 Å². The van der Waals surface area contributed by atoms with Crippen LogP contribution in [0.2, 0.25) is 5.02 Å². The fourth-order valence-corrected chi connectivity index (χ4v) is 4.43. The molecule has 2 N–H and O–H groups in total. The second kappa shape index (κ2) is 7.03. The molecule has 21 heavy (non-hydrogen) atoms. The minimum Gasteiger partial charge on any atom is -0.480 e. The number of aliphatic carboxylic acids is 1. The normalized spacial score (nSPS) is 26.0. The largest absolute Gasteiger partial charge is 0.480 e. The number of carboxylic acids is 1. The van der Waals surface area contributed by atoms with Crippen LogP contribution in [0.5, 0.6) is 0 Å². The van der Waals surface area contributed by atoms with Crippen molar-refractivity contribution >= 4 is 29.3 Å². The van der Waals surface area contributed by atoms with Crippen molar-refractivity contribution < 1.29 is 9.90 Å². The van der Waals surface area contributed by atoms with Gasteiger partial charge in [-0.25, -0.2) is 0 Å². The number of rotatable bonds is 5. The van der Waals surface area contributed by atoms with E-state index in [-0.39, 0.29) is 6.04 Å². The molecule has 0 aromatic heterocycles. The summed E-state index contributed by atoms with van der Waals surface area (Å²) in [7, 11) is 0. The molecule has 1 aliphatic rings. The molecule has 116 valence electrons. The van der Waals surface area contributed by atoms with E-state index in [0.29, 0.717) is 18.1 Å². The summed E-state index contributed by atoms with van der Waals surface area (Å²) in [6.07, 6.45) is 3.37. The van der Waals surface area contributed by atoms with E-state index in [1.165, 1.54) is 0 Å². The van der Waals surface area contributed by atoms with Crippen molar-refractivity contribution in [1.29, 1.82) is 0 Å². The minimum absolute atomic E-state index is 0.167. The molecule has 1 aromatic carbocycles. The monoisotopic (exact) mass is 327 g/mol. The minimum atomic E-state index is -0.781. The number of nitrogens with one attached hydrogen (secondary N) is 1. The Morgan fingerprint density at radius 1 is 1.43 bits per heavy atom. The summed E-state index contributed by atoms with van der Waals surface area (Å²) in [4.78, 5) is 12.9. The average Bonchev–Trinajstić information content (AvgIpc) is 2.41. The van der Waals surface area contributed by atoms with Crippen LogP contribution in [0.15, 0.2) is 29.2 Å². The van der Waals surface area contributed by atoms with Crippen LogP contribution in [0.4, 0.5) is 0 Å². The van der Waals surface area contributed by atoms with Gasteiger partial charge in [0.1, 0.15) is 5.54 Å². The van der Waals surface area contributed by atoms with Gasteiger partial charge in [0.15, 0.2) is 0 Å². The Morgan fingerprint density at radius 2 is 2.10 bits per heavy atom. The van der Waals surface area contributed by atoms with E-state index in [9.17, 15) is 9.90 Å². The topological polar surface area (TPSA) is 49.3 Å². The molecule has 0 aliphatic heterocycles. The molecule has 0 saturated heterocycles. The Morgan fingerprint density at radius 3 is 2.67 bits per heavy atom. The second-order valence-corrected chi connectivity index (χ2v) is 7.79. The van der Waals surface area contributed by atoms with Crippen molar-refractivity contribution in [2.24, 2.45) is 0 Å². The fourth-order valence-electron chi connectivity index (χ4n) is 2.97. The first kappa shape index (κ1) is 16.7. The maximum atomic E-state index is 11.8. The lowest BCUT2D eigenvalue weighted by atomic mass is 9.81. The number of halogens is 1. The summed E-state index contributed by atoms with van der Waals surface area (Å²) in [5, 5.41) is 14.0. The van der Waals surface area contributed by atoms with Gasteiger partial charge in [0.05, 0.1) is 0 Å². The molecule has 0 bridgehead atoms. The summed E-state index contributed by atoms with van der Waals surface area (Å²) in [5.74, 6) is -0.724. The smallest absolute Gasteiger partial charge is 0.323 e. The Labute approximate surface area is 135 Å². The SMILES string of the molecule is CC(C)NC1(C(=O)O)CCCC(Sc2ccc(Cl)cc2)C1. The van der Waals surface area contributed by atoms with E-state index < -0.39 is 11.5 Å². The molecule has 1 fully saturated rings. The molecule has 0 radical (unpaired) electrons. The standard InChI is InChI=1S/C16H22ClNO2S/c1-11(2)18-16(15(19)20)9-3-4-14(10-16)21-13-7-5-12(17)6-8-13/h5-8,11,14,18H,3-4,9-10H2,1-2H3,(H,19,20). The van der Waals surface area contributed by atoms with Crippen LogP contribution in [0, 0.1) is 0 Å². The lowest BCUT2D eigenvalue weighted by molar-refractivity contribution is -0.146. The third-order valence-corrected chi connectivity index (χ3v) is 5.33. The molecule has 1 aromatic rings. The highest BCUT2D eigenvalue weighted by Crippen LogP contribution is 2.39. The molecule has 0 spiro atoms. The lowest BCUT2D eigenvalue weighted by Gasteiger charge is -2.39. The number of carbonyl (C=O) groups is 1. The number of carboxylic acid groups (broad SMARTS) is 1. The third-order valence-electron chi connectivity index (χ3n) is 3.80. The molecule has 3 nitrogen and oxygen atoms in total. The molecule has 1 aliphatic carbocycles. The molecular formula is C16H22ClNO2S. The van der Waals surface area contributed by atoms with Gasteiger partial charge in [-0.15, -0.1) is 11.8 Å². The summed E-state index contributed by atoms with van der Waals surface area (Å²) in [6, 6.07) is 7.92. The number of benzene rings is 1. The van der Waals surface area contributed by atoms with Crippen molar-refractivity contribution in [3.05, 3.63) is 29.3 Å². The van der Waals surface area contributed by atoms with Gasteiger partial charge in [-0.2, -0.15) is 0 Å². The first-order valence-electron chi connectivity index (χ1n) is 7.34. The zero-order chi connectivity index (χ0) is 15.5. The number of hydrogen-bond acceptors (Lipinski definition) is 3. The van der Waals surface area contributed by atoms with Gasteiger partial charge >= 0.3 is 5.97 Å². The van der Waals surface area contributed by atoms with Crippen LogP contribution in [-0.2, 0) is 4.79 Å². The summed E-state index contributed by atoms with van der Waals surface area (Å²) in [5.41, 5.74) is -0.781. The molecule has 2 rings (SSSR count). The second-order valence-electron chi connectivity index (χ2n) is 5.98. The van der Waals surface area contributed by atoms with Gasteiger partial charge in [-0.3, -0.25) is 10.1 Å². The molecule has 2 unspecified atom stereocenters. The van der Waals surface area contributed by atoms with Crippen molar-refractivity contribution in [2.45, 2.75) is 61.3 Å². The zero-order valence-corrected chi connectivity index (χ0v) is 14.0. The van der Waals surface area contributed by atoms with Crippen LogP contribution in [0.25, 0.3) is 0 Å². The third kappa shape index (κ3) is 4.38. The zero-order valence-electron chi connectivity index (χ0n) is 12.4.